The van der Waals surface area contributed by atoms with Crippen LogP contribution < -0.4 is 15.4 Å². The molecule has 0 aliphatic carbocycles. The Labute approximate surface area is 134 Å². The van der Waals surface area contributed by atoms with Gasteiger partial charge in [0.25, 0.3) is 0 Å². The minimum absolute atomic E-state index is 0.0127. The molecule has 2 saturated heterocycles. The second-order valence-corrected chi connectivity index (χ2v) is 6.55. The molecule has 2 N–H and O–H groups in total. The molecule has 0 saturated carbocycles. The number of amides is 1. The second-order valence-electron chi connectivity index (χ2n) is 6.55. The fourth-order valence-corrected chi connectivity index (χ4v) is 3.79. The third kappa shape index (κ3) is 3.99. The van der Waals surface area contributed by atoms with E-state index < -0.39 is 6.61 Å². The molecule has 23 heavy (non-hydrogen) atoms. The molecule has 4 nitrogen and oxygen atoms in total. The lowest BCUT2D eigenvalue weighted by Gasteiger charge is -2.28. The number of hydrogen-bond acceptors (Lipinski definition) is 3. The molecule has 0 spiro atoms. The van der Waals surface area contributed by atoms with Crippen LogP contribution in [0.1, 0.15) is 37.7 Å². The lowest BCUT2D eigenvalue weighted by atomic mass is 9.89. The average Bonchev–Trinajstić information content (AvgIpc) is 2.81. The van der Waals surface area contributed by atoms with E-state index in [1.165, 1.54) is 18.9 Å². The molecule has 6 heteroatoms. The molecule has 0 radical (unpaired) electrons. The summed E-state index contributed by atoms with van der Waals surface area (Å²) in [5.74, 6) is 0.237. The summed E-state index contributed by atoms with van der Waals surface area (Å²) in [4.78, 5) is 12.3. The van der Waals surface area contributed by atoms with E-state index in [4.69, 9.17) is 0 Å². The van der Waals surface area contributed by atoms with Gasteiger partial charge in [0.15, 0.2) is 0 Å². The van der Waals surface area contributed by atoms with E-state index in [1.54, 1.807) is 19.1 Å². The highest BCUT2D eigenvalue weighted by molar-refractivity contribution is 5.93. The molecule has 2 aliphatic heterocycles. The largest absolute Gasteiger partial charge is 0.433 e. The summed E-state index contributed by atoms with van der Waals surface area (Å²) in [6.45, 7) is -1.15. The summed E-state index contributed by atoms with van der Waals surface area (Å²) in [5.41, 5.74) is 1.05. The fourth-order valence-electron chi connectivity index (χ4n) is 3.79. The van der Waals surface area contributed by atoms with Gasteiger partial charge in [-0.3, -0.25) is 4.79 Å². The van der Waals surface area contributed by atoms with Crippen molar-refractivity contribution >= 4 is 11.6 Å². The van der Waals surface area contributed by atoms with Gasteiger partial charge in [0.2, 0.25) is 5.91 Å². The van der Waals surface area contributed by atoms with E-state index in [1.807, 2.05) is 0 Å². The van der Waals surface area contributed by atoms with E-state index in [0.717, 1.165) is 12.8 Å². The molecule has 2 fully saturated rings. The summed E-state index contributed by atoms with van der Waals surface area (Å²) in [6.07, 6.45) is 4.83. The minimum atomic E-state index is -2.91. The zero-order valence-corrected chi connectivity index (χ0v) is 13.1. The first kappa shape index (κ1) is 16.2. The average molecular weight is 324 g/mol. The van der Waals surface area contributed by atoms with Crippen LogP contribution in [-0.2, 0) is 4.79 Å². The van der Waals surface area contributed by atoms with Crippen molar-refractivity contribution in [3.8, 4) is 5.75 Å². The van der Waals surface area contributed by atoms with Crippen LogP contribution in [0.4, 0.5) is 14.5 Å². The number of para-hydroxylation sites is 1. The van der Waals surface area contributed by atoms with Crippen LogP contribution in [0.5, 0.6) is 5.75 Å². The van der Waals surface area contributed by atoms with Crippen molar-refractivity contribution in [1.82, 2.24) is 5.32 Å². The summed E-state index contributed by atoms with van der Waals surface area (Å²) < 4.78 is 29.5. The third-order valence-electron chi connectivity index (χ3n) is 4.76. The van der Waals surface area contributed by atoms with Gasteiger partial charge in [-0.05, 0) is 50.2 Å². The molecule has 1 amide bonds. The smallest absolute Gasteiger partial charge is 0.387 e. The Kier molecular flexibility index (Phi) is 4.80. The molecular formula is C17H22F2N2O2. The van der Waals surface area contributed by atoms with Gasteiger partial charge in [0.05, 0.1) is 5.69 Å². The predicted octanol–water partition coefficient (Wildman–Crippen LogP) is 3.46. The molecule has 0 aromatic heterocycles. The molecule has 1 aromatic rings. The van der Waals surface area contributed by atoms with Crippen molar-refractivity contribution in [3.05, 3.63) is 23.8 Å². The van der Waals surface area contributed by atoms with E-state index in [9.17, 15) is 13.6 Å². The van der Waals surface area contributed by atoms with Crippen LogP contribution in [0.25, 0.3) is 0 Å². The number of carbonyl (C=O) groups is 1. The van der Waals surface area contributed by atoms with Crippen LogP contribution in [0, 0.1) is 12.8 Å². The van der Waals surface area contributed by atoms with Crippen molar-refractivity contribution in [3.63, 3.8) is 0 Å². The number of ether oxygens (including phenoxy) is 1. The number of rotatable bonds is 5. The Hall–Kier alpha value is -1.69. The molecule has 3 rings (SSSR count). The molecule has 2 atom stereocenters. The normalized spacial score (nSPS) is 26.3. The Morgan fingerprint density at radius 3 is 2.70 bits per heavy atom. The maximum absolute atomic E-state index is 12.5. The van der Waals surface area contributed by atoms with Crippen molar-refractivity contribution < 1.29 is 18.3 Å². The first-order valence-electron chi connectivity index (χ1n) is 8.11. The number of carbonyl (C=O) groups excluding carboxylic acids is 1. The van der Waals surface area contributed by atoms with Crippen LogP contribution >= 0.6 is 0 Å². The van der Waals surface area contributed by atoms with Crippen molar-refractivity contribution in [2.45, 2.75) is 57.7 Å². The van der Waals surface area contributed by atoms with Gasteiger partial charge in [-0.2, -0.15) is 8.78 Å². The van der Waals surface area contributed by atoms with E-state index in [-0.39, 0.29) is 11.7 Å². The van der Waals surface area contributed by atoms with Gasteiger partial charge < -0.3 is 15.4 Å². The Morgan fingerprint density at radius 1 is 1.35 bits per heavy atom. The first-order chi connectivity index (χ1) is 11.0. The molecule has 126 valence electrons. The van der Waals surface area contributed by atoms with Crippen LogP contribution in [0.15, 0.2) is 18.2 Å². The van der Waals surface area contributed by atoms with Crippen LogP contribution in [0.3, 0.4) is 0 Å². The maximum atomic E-state index is 12.5. The molecule has 2 heterocycles. The molecule has 2 aliphatic rings. The molecule has 1 aromatic carbocycles. The monoisotopic (exact) mass is 324 g/mol. The molecule has 2 unspecified atom stereocenters. The Bertz CT molecular complexity index is 568. The van der Waals surface area contributed by atoms with Crippen molar-refractivity contribution in [1.29, 1.82) is 0 Å². The lowest BCUT2D eigenvalue weighted by molar-refractivity contribution is -0.117. The number of fused-ring (bicyclic) bond motifs is 2. The zero-order valence-electron chi connectivity index (χ0n) is 13.1. The number of anilines is 1. The summed E-state index contributed by atoms with van der Waals surface area (Å²) >= 11 is 0. The van der Waals surface area contributed by atoms with Gasteiger partial charge in [-0.25, -0.2) is 0 Å². The van der Waals surface area contributed by atoms with Crippen molar-refractivity contribution in [2.24, 2.45) is 5.92 Å². The van der Waals surface area contributed by atoms with E-state index >= 15 is 0 Å². The van der Waals surface area contributed by atoms with Crippen molar-refractivity contribution in [2.75, 3.05) is 5.32 Å². The molecule has 2 bridgehead atoms. The van der Waals surface area contributed by atoms with E-state index in [2.05, 4.69) is 15.4 Å². The summed E-state index contributed by atoms with van der Waals surface area (Å²) in [6, 6.07) is 5.90. The topological polar surface area (TPSA) is 50.4 Å². The quantitative estimate of drug-likeness (QED) is 0.872. The van der Waals surface area contributed by atoms with Gasteiger partial charge in [0.1, 0.15) is 5.75 Å². The van der Waals surface area contributed by atoms with Gasteiger partial charge in [-0.15, -0.1) is 0 Å². The number of alkyl halides is 2. The summed E-state index contributed by atoms with van der Waals surface area (Å²) in [5, 5.41) is 6.31. The second kappa shape index (κ2) is 6.83. The number of halogens is 2. The number of hydrogen-bond donors (Lipinski definition) is 2. The van der Waals surface area contributed by atoms with Crippen LogP contribution in [0.2, 0.25) is 0 Å². The number of piperidine rings is 1. The fraction of sp³-hybridized carbons (Fsp3) is 0.588. The maximum Gasteiger partial charge on any atom is 0.387 e. The minimum Gasteiger partial charge on any atom is -0.433 e. The lowest BCUT2D eigenvalue weighted by Crippen LogP contribution is -2.39. The van der Waals surface area contributed by atoms with Crippen LogP contribution in [-0.4, -0.2) is 24.6 Å². The summed E-state index contributed by atoms with van der Waals surface area (Å²) in [7, 11) is 0. The Morgan fingerprint density at radius 2 is 2.04 bits per heavy atom. The standard InChI is InChI=1S/C17H22F2N2O2/c1-10-3-2-4-14(23-17(18)19)16(10)21-15(22)9-11-7-12-5-6-13(8-11)20-12/h2-4,11-13,17,20H,5-9H2,1H3,(H,21,22). The van der Waals surface area contributed by atoms with Gasteiger partial charge in [0, 0.05) is 18.5 Å². The third-order valence-corrected chi connectivity index (χ3v) is 4.76. The molecular weight excluding hydrogens is 302 g/mol. The highest BCUT2D eigenvalue weighted by Crippen LogP contribution is 2.34. The highest BCUT2D eigenvalue weighted by atomic mass is 19.3. The van der Waals surface area contributed by atoms with Gasteiger partial charge in [-0.1, -0.05) is 12.1 Å². The number of nitrogens with one attached hydrogen (secondary N) is 2. The first-order valence-corrected chi connectivity index (χ1v) is 8.11. The number of benzene rings is 1. The van der Waals surface area contributed by atoms with Gasteiger partial charge >= 0.3 is 6.61 Å². The zero-order chi connectivity index (χ0) is 16.4. The highest BCUT2D eigenvalue weighted by Gasteiger charge is 2.34. The van der Waals surface area contributed by atoms with E-state index in [0.29, 0.717) is 35.7 Å². The Balaban J connectivity index is 1.63. The number of aryl methyl sites for hydroxylation is 1. The predicted molar refractivity (Wildman–Crippen MR) is 83.7 cm³/mol. The SMILES string of the molecule is Cc1cccc(OC(F)F)c1NC(=O)CC1CC2CCC(C1)N2.